The van der Waals surface area contributed by atoms with Gasteiger partial charge in [0.2, 0.25) is 0 Å². The maximum absolute atomic E-state index is 13.1. The number of pyridine rings is 1. The second kappa shape index (κ2) is 5.32. The highest BCUT2D eigenvalue weighted by atomic mass is 19.2. The molecule has 0 fully saturated rings. The smallest absolute Gasteiger partial charge is 0.250 e. The number of aromatic nitrogens is 1. The van der Waals surface area contributed by atoms with E-state index in [1.54, 1.807) is 12.3 Å². The number of nitrogens with two attached hydrogens (primary N) is 1. The summed E-state index contributed by atoms with van der Waals surface area (Å²) in [5.41, 5.74) is 7.05. The molecular weight excluding hydrogens is 250 g/mol. The highest BCUT2D eigenvalue weighted by Gasteiger charge is 2.11. The van der Waals surface area contributed by atoms with Gasteiger partial charge in [-0.25, -0.2) is 8.78 Å². The maximum Gasteiger partial charge on any atom is 0.250 e. The minimum atomic E-state index is -0.941. The molecule has 0 spiro atoms. The minimum absolute atomic E-state index is 0.168. The van der Waals surface area contributed by atoms with E-state index < -0.39 is 17.7 Å². The summed E-state index contributed by atoms with van der Waals surface area (Å²) in [7, 11) is 0. The maximum atomic E-state index is 13.1. The molecule has 2 aromatic rings. The van der Waals surface area contributed by atoms with Crippen molar-refractivity contribution in [2.24, 2.45) is 5.73 Å². The number of rotatable bonds is 3. The first kappa shape index (κ1) is 13.4. The summed E-state index contributed by atoms with van der Waals surface area (Å²) in [5, 5.41) is 0. The predicted octanol–water partition coefficient (Wildman–Crippen LogP) is 2.13. The average molecular weight is 264 g/mol. The highest BCUT2D eigenvalue weighted by Crippen LogP contribution is 2.15. The Labute approximate surface area is 109 Å². The topological polar surface area (TPSA) is 48.0 Å². The molecule has 0 aliphatic carbocycles. The summed E-state index contributed by atoms with van der Waals surface area (Å²) in [6.07, 6.45) is 1.64. The molecule has 2 N–H and O–H groups in total. The first-order valence-electron chi connectivity index (χ1n) is 5.85. The number of benzene rings is 1. The van der Waals surface area contributed by atoms with Crippen LogP contribution in [0.1, 0.15) is 17.2 Å². The third-order valence-electron chi connectivity index (χ3n) is 2.92. The molecular formula is C14H14F2N2O. The van der Waals surface area contributed by atoms with Gasteiger partial charge in [-0.3, -0.25) is 4.79 Å². The Kier molecular flexibility index (Phi) is 3.76. The third kappa shape index (κ3) is 3.06. The van der Waals surface area contributed by atoms with Crippen molar-refractivity contribution in [3.05, 3.63) is 69.6 Å². The zero-order valence-corrected chi connectivity index (χ0v) is 10.4. The van der Waals surface area contributed by atoms with Crippen LogP contribution in [-0.2, 0) is 6.54 Å². The van der Waals surface area contributed by atoms with Gasteiger partial charge in [0, 0.05) is 24.8 Å². The van der Waals surface area contributed by atoms with Gasteiger partial charge in [-0.1, -0.05) is 6.07 Å². The number of hydrogen-bond donors (Lipinski definition) is 1. The van der Waals surface area contributed by atoms with E-state index in [-0.39, 0.29) is 12.1 Å². The molecule has 2 rings (SSSR count). The second-order valence-corrected chi connectivity index (χ2v) is 4.47. The van der Waals surface area contributed by atoms with Gasteiger partial charge in [0.15, 0.2) is 11.6 Å². The molecule has 0 saturated heterocycles. The Balaban J connectivity index is 2.22. The third-order valence-corrected chi connectivity index (χ3v) is 2.92. The zero-order valence-electron chi connectivity index (χ0n) is 10.4. The van der Waals surface area contributed by atoms with E-state index in [2.05, 4.69) is 0 Å². The fourth-order valence-electron chi connectivity index (χ4n) is 1.82. The van der Waals surface area contributed by atoms with E-state index >= 15 is 0 Å². The van der Waals surface area contributed by atoms with E-state index in [0.717, 1.165) is 17.7 Å². The van der Waals surface area contributed by atoms with E-state index in [1.165, 1.54) is 16.7 Å². The first-order chi connectivity index (χ1) is 8.97. The molecule has 19 heavy (non-hydrogen) atoms. The summed E-state index contributed by atoms with van der Waals surface area (Å²) in [4.78, 5) is 11.7. The van der Waals surface area contributed by atoms with Crippen molar-refractivity contribution in [1.29, 1.82) is 0 Å². The lowest BCUT2D eigenvalue weighted by atomic mass is 10.1. The van der Waals surface area contributed by atoms with Crippen molar-refractivity contribution >= 4 is 0 Å². The fraction of sp³-hybridized carbons (Fsp3) is 0.214. The fourth-order valence-corrected chi connectivity index (χ4v) is 1.82. The predicted molar refractivity (Wildman–Crippen MR) is 68.7 cm³/mol. The van der Waals surface area contributed by atoms with E-state index in [9.17, 15) is 13.6 Å². The summed E-state index contributed by atoms with van der Waals surface area (Å²) < 4.78 is 27.4. The number of halogens is 2. The van der Waals surface area contributed by atoms with Crippen LogP contribution in [0.4, 0.5) is 8.78 Å². The average Bonchev–Trinajstić information content (AvgIpc) is 2.36. The highest BCUT2D eigenvalue weighted by molar-refractivity contribution is 5.21. The normalized spacial score (nSPS) is 12.4. The largest absolute Gasteiger partial charge is 0.322 e. The molecule has 1 atom stereocenters. The summed E-state index contributed by atoms with van der Waals surface area (Å²) in [5.74, 6) is -1.85. The van der Waals surface area contributed by atoms with Gasteiger partial charge in [0.1, 0.15) is 0 Å². The summed E-state index contributed by atoms with van der Waals surface area (Å²) in [6.45, 7) is 2.03. The van der Waals surface area contributed by atoms with Crippen LogP contribution < -0.4 is 11.3 Å². The molecule has 5 heteroatoms. The Hall–Kier alpha value is -2.01. The van der Waals surface area contributed by atoms with Crippen LogP contribution in [-0.4, -0.2) is 4.57 Å². The van der Waals surface area contributed by atoms with Crippen molar-refractivity contribution in [2.45, 2.75) is 19.5 Å². The van der Waals surface area contributed by atoms with E-state index in [0.29, 0.717) is 5.56 Å². The quantitative estimate of drug-likeness (QED) is 0.923. The van der Waals surface area contributed by atoms with Crippen LogP contribution in [0.5, 0.6) is 0 Å². The molecule has 0 radical (unpaired) electrons. The van der Waals surface area contributed by atoms with Crippen LogP contribution >= 0.6 is 0 Å². The molecule has 1 aromatic carbocycles. The van der Waals surface area contributed by atoms with E-state index in [4.69, 9.17) is 5.73 Å². The zero-order chi connectivity index (χ0) is 14.0. The molecule has 1 aromatic heterocycles. The molecule has 0 bridgehead atoms. The van der Waals surface area contributed by atoms with Gasteiger partial charge in [-0.15, -0.1) is 0 Å². The SMILES string of the molecule is Cc1ccn(CC(N)c2ccc(F)c(F)c2)c(=O)c1. The standard InChI is InChI=1S/C14H14F2N2O/c1-9-4-5-18(14(19)6-9)8-13(17)10-2-3-11(15)12(16)7-10/h2-7,13H,8,17H2,1H3. The molecule has 100 valence electrons. The van der Waals surface area contributed by atoms with Crippen molar-refractivity contribution in [2.75, 3.05) is 0 Å². The molecule has 0 amide bonds. The summed E-state index contributed by atoms with van der Waals surface area (Å²) in [6, 6.07) is 6.22. The lowest BCUT2D eigenvalue weighted by Crippen LogP contribution is -2.26. The van der Waals surface area contributed by atoms with Crippen LogP contribution in [0, 0.1) is 18.6 Å². The molecule has 1 unspecified atom stereocenters. The molecule has 1 heterocycles. The Morgan fingerprint density at radius 1 is 1.21 bits per heavy atom. The van der Waals surface area contributed by atoms with Gasteiger partial charge < -0.3 is 10.3 Å². The lowest BCUT2D eigenvalue weighted by molar-refractivity contribution is 0.500. The van der Waals surface area contributed by atoms with Crippen molar-refractivity contribution in [3.8, 4) is 0 Å². The second-order valence-electron chi connectivity index (χ2n) is 4.47. The number of nitrogens with zero attached hydrogens (tertiary/aromatic N) is 1. The van der Waals surface area contributed by atoms with Crippen molar-refractivity contribution in [3.63, 3.8) is 0 Å². The van der Waals surface area contributed by atoms with Gasteiger partial charge in [-0.2, -0.15) is 0 Å². The molecule has 0 aliphatic heterocycles. The molecule has 3 nitrogen and oxygen atoms in total. The van der Waals surface area contributed by atoms with Crippen molar-refractivity contribution in [1.82, 2.24) is 4.57 Å². The van der Waals surface area contributed by atoms with Gasteiger partial charge >= 0.3 is 0 Å². The van der Waals surface area contributed by atoms with Gasteiger partial charge in [0.05, 0.1) is 0 Å². The minimum Gasteiger partial charge on any atom is -0.322 e. The van der Waals surface area contributed by atoms with Gasteiger partial charge in [0.25, 0.3) is 5.56 Å². The van der Waals surface area contributed by atoms with Crippen molar-refractivity contribution < 1.29 is 8.78 Å². The van der Waals surface area contributed by atoms with Crippen LogP contribution in [0.15, 0.2) is 41.3 Å². The van der Waals surface area contributed by atoms with Gasteiger partial charge in [-0.05, 0) is 36.2 Å². The Morgan fingerprint density at radius 2 is 1.95 bits per heavy atom. The van der Waals surface area contributed by atoms with E-state index in [1.807, 2.05) is 6.92 Å². The number of hydrogen-bond acceptors (Lipinski definition) is 2. The Morgan fingerprint density at radius 3 is 2.58 bits per heavy atom. The monoisotopic (exact) mass is 264 g/mol. The van der Waals surface area contributed by atoms with Crippen LogP contribution in [0.2, 0.25) is 0 Å². The van der Waals surface area contributed by atoms with Crippen LogP contribution in [0.25, 0.3) is 0 Å². The summed E-state index contributed by atoms with van der Waals surface area (Å²) >= 11 is 0. The number of aryl methyl sites for hydroxylation is 1. The Bertz CT molecular complexity index is 652. The molecule has 0 saturated carbocycles. The first-order valence-corrected chi connectivity index (χ1v) is 5.85. The lowest BCUT2D eigenvalue weighted by Gasteiger charge is -2.14. The van der Waals surface area contributed by atoms with Crippen LogP contribution in [0.3, 0.4) is 0 Å². The molecule has 0 aliphatic rings.